The van der Waals surface area contributed by atoms with Crippen molar-refractivity contribution in [3.8, 4) is 0 Å². The van der Waals surface area contributed by atoms with E-state index >= 15 is 0 Å². The first kappa shape index (κ1) is 65.6. The lowest BCUT2D eigenvalue weighted by molar-refractivity contribution is -0.332. The van der Waals surface area contributed by atoms with E-state index in [0.717, 1.165) is 64.2 Å². The third kappa shape index (κ3) is 30.7. The number of rotatable bonds is 44. The maximum atomic E-state index is 13.0. The van der Waals surface area contributed by atoms with E-state index in [4.69, 9.17) is 28.4 Å². The Bertz CT molecular complexity index is 1440. The zero-order valence-corrected chi connectivity index (χ0v) is 44.4. The Morgan fingerprint density at radius 1 is 0.444 bits per heavy atom. The monoisotopic (exact) mass is 1020 g/mol. The molecule has 418 valence electrons. The average Bonchev–Trinajstić information content (AvgIpc) is 3.37. The van der Waals surface area contributed by atoms with Crippen LogP contribution in [0.5, 0.6) is 0 Å². The third-order valence-electron chi connectivity index (χ3n) is 13.3. The Labute approximate surface area is 433 Å². The Balaban J connectivity index is 1.79. The SMILES string of the molecule is CCCCC/C=C/C/C=C/C/C=C/C/C=C/CCCCCC(=O)OC[C@@H](CO[C@@H]1O[C@H](CO[C@@H]2O[C@H](CO)[C@H](O)C(O)C2O)[C@H](O)C(O)C1O)OC(=O)CCCCCCCCCCCCCCCCCCC. The number of unbranched alkanes of at least 4 members (excludes halogenated alkanes) is 22. The molecule has 11 atom stereocenters. The molecule has 0 aliphatic carbocycles. The topological polar surface area (TPSA) is 231 Å². The fourth-order valence-electron chi connectivity index (χ4n) is 8.67. The van der Waals surface area contributed by atoms with Gasteiger partial charge < -0.3 is 64.2 Å². The Hall–Kier alpha value is -2.54. The predicted octanol–water partition coefficient (Wildman–Crippen LogP) is 9.05. The molecule has 2 rings (SSSR count). The van der Waals surface area contributed by atoms with Crippen molar-refractivity contribution in [3.63, 3.8) is 0 Å². The van der Waals surface area contributed by atoms with Crippen molar-refractivity contribution < 1.29 is 73.8 Å². The van der Waals surface area contributed by atoms with Crippen LogP contribution in [0.3, 0.4) is 0 Å². The lowest BCUT2D eigenvalue weighted by Gasteiger charge is -2.42. The first-order valence-corrected chi connectivity index (χ1v) is 28.2. The van der Waals surface area contributed by atoms with Gasteiger partial charge in [0.05, 0.1) is 19.8 Å². The van der Waals surface area contributed by atoms with Crippen molar-refractivity contribution in [2.24, 2.45) is 0 Å². The molecular weight excluding hydrogens is 925 g/mol. The largest absolute Gasteiger partial charge is 0.462 e. The Morgan fingerprint density at radius 2 is 0.833 bits per heavy atom. The van der Waals surface area contributed by atoms with Gasteiger partial charge in [-0.25, -0.2) is 0 Å². The van der Waals surface area contributed by atoms with Crippen molar-refractivity contribution in [2.75, 3.05) is 26.4 Å². The van der Waals surface area contributed by atoms with Gasteiger partial charge in [0.1, 0.15) is 55.4 Å². The molecule has 7 N–H and O–H groups in total. The molecule has 2 aliphatic heterocycles. The summed E-state index contributed by atoms with van der Waals surface area (Å²) in [6.07, 6.45) is 32.7. The van der Waals surface area contributed by atoms with Gasteiger partial charge >= 0.3 is 11.9 Å². The number of esters is 2. The number of aliphatic hydroxyl groups excluding tert-OH is 7. The fourth-order valence-corrected chi connectivity index (χ4v) is 8.67. The molecule has 0 aromatic heterocycles. The Morgan fingerprint density at radius 3 is 1.33 bits per heavy atom. The summed E-state index contributed by atoms with van der Waals surface area (Å²) in [5.41, 5.74) is 0. The van der Waals surface area contributed by atoms with Crippen molar-refractivity contribution in [3.05, 3.63) is 48.6 Å². The highest BCUT2D eigenvalue weighted by Crippen LogP contribution is 2.27. The van der Waals surface area contributed by atoms with E-state index in [9.17, 15) is 45.3 Å². The summed E-state index contributed by atoms with van der Waals surface area (Å²) < 4.78 is 33.6. The Kier molecular flexibility index (Phi) is 39.8. The number of hydrogen-bond donors (Lipinski definition) is 7. The summed E-state index contributed by atoms with van der Waals surface area (Å²) in [5.74, 6) is -0.955. The molecule has 0 saturated carbocycles. The second kappa shape index (κ2) is 43.7. The van der Waals surface area contributed by atoms with Gasteiger partial charge in [0, 0.05) is 12.8 Å². The molecule has 2 heterocycles. The minimum Gasteiger partial charge on any atom is -0.462 e. The van der Waals surface area contributed by atoms with E-state index in [1.165, 1.54) is 103 Å². The lowest BCUT2D eigenvalue weighted by atomic mass is 9.98. The molecule has 0 bridgehead atoms. The van der Waals surface area contributed by atoms with Gasteiger partial charge in [-0.1, -0.05) is 184 Å². The van der Waals surface area contributed by atoms with Gasteiger partial charge in [-0.3, -0.25) is 9.59 Å². The predicted molar refractivity (Wildman–Crippen MR) is 280 cm³/mol. The standard InChI is InChI=1S/C57H100O15/c1-3-5-7-9-11-13-15-17-19-21-22-24-25-27-29-31-33-35-37-39-48(59)67-42-45(70-49(60)40-38-36-34-32-30-28-26-23-20-18-16-14-12-10-8-6-4-2)43-68-56-55(66)53(64)51(62)47(72-56)44-69-57-54(65)52(63)50(61)46(41-58)71-57/h11,13,17,19,22,24,27,29,45-47,50-58,61-66H,3-10,12,14-16,18,20-21,23,25-26,28,30-44H2,1-2H3/b13-11+,19-17+,24-22+,29-27+/t45-,46+,47+,50-,51-,52?,53?,54?,55?,56+,57+/m0/s1. The summed E-state index contributed by atoms with van der Waals surface area (Å²) in [7, 11) is 0. The molecule has 0 spiro atoms. The molecule has 4 unspecified atom stereocenters. The van der Waals surface area contributed by atoms with Gasteiger partial charge in [-0.05, 0) is 57.8 Å². The van der Waals surface area contributed by atoms with Crippen molar-refractivity contribution in [2.45, 2.75) is 274 Å². The van der Waals surface area contributed by atoms with Gasteiger partial charge in [-0.2, -0.15) is 0 Å². The van der Waals surface area contributed by atoms with Crippen LogP contribution in [-0.4, -0.2) is 142 Å². The van der Waals surface area contributed by atoms with Crippen LogP contribution in [0.4, 0.5) is 0 Å². The molecular formula is C57H100O15. The normalized spacial score (nSPS) is 25.3. The highest BCUT2D eigenvalue weighted by molar-refractivity contribution is 5.70. The summed E-state index contributed by atoms with van der Waals surface area (Å²) >= 11 is 0. The molecule has 0 aromatic carbocycles. The molecule has 15 nitrogen and oxygen atoms in total. The van der Waals surface area contributed by atoms with E-state index in [-0.39, 0.29) is 19.4 Å². The summed E-state index contributed by atoms with van der Waals surface area (Å²) in [6, 6.07) is 0. The molecule has 2 fully saturated rings. The highest BCUT2D eigenvalue weighted by Gasteiger charge is 2.47. The first-order valence-electron chi connectivity index (χ1n) is 28.2. The number of ether oxygens (including phenoxy) is 6. The minimum atomic E-state index is -1.77. The second-order valence-corrected chi connectivity index (χ2v) is 19.8. The number of hydrogen-bond acceptors (Lipinski definition) is 15. The molecule has 15 heteroatoms. The molecule has 0 aromatic rings. The number of aliphatic hydroxyl groups is 7. The van der Waals surface area contributed by atoms with Gasteiger partial charge in [0.15, 0.2) is 18.7 Å². The summed E-state index contributed by atoms with van der Waals surface area (Å²) in [5, 5.41) is 72.2. The maximum Gasteiger partial charge on any atom is 0.306 e. The molecule has 0 amide bonds. The lowest BCUT2D eigenvalue weighted by Crippen LogP contribution is -2.61. The first-order chi connectivity index (χ1) is 35.0. The molecule has 2 saturated heterocycles. The zero-order chi connectivity index (χ0) is 52.4. The number of carbonyl (C=O) groups is 2. The number of carbonyl (C=O) groups excluding carboxylic acids is 2. The minimum absolute atomic E-state index is 0.160. The van der Waals surface area contributed by atoms with Crippen LogP contribution in [0.1, 0.15) is 206 Å². The second-order valence-electron chi connectivity index (χ2n) is 19.8. The van der Waals surface area contributed by atoms with Crippen molar-refractivity contribution >= 4 is 11.9 Å². The van der Waals surface area contributed by atoms with Crippen LogP contribution < -0.4 is 0 Å². The van der Waals surface area contributed by atoms with E-state index in [2.05, 4.69) is 62.5 Å². The van der Waals surface area contributed by atoms with Crippen LogP contribution in [0.25, 0.3) is 0 Å². The van der Waals surface area contributed by atoms with E-state index < -0.39 is 99.3 Å². The summed E-state index contributed by atoms with van der Waals surface area (Å²) in [4.78, 5) is 25.8. The van der Waals surface area contributed by atoms with E-state index in [1.54, 1.807) is 0 Å². The molecule has 2 aliphatic rings. The average molecular weight is 1030 g/mol. The van der Waals surface area contributed by atoms with Gasteiger partial charge in [-0.15, -0.1) is 0 Å². The third-order valence-corrected chi connectivity index (χ3v) is 13.3. The van der Waals surface area contributed by atoms with Gasteiger partial charge in [0.2, 0.25) is 0 Å². The van der Waals surface area contributed by atoms with Crippen LogP contribution >= 0.6 is 0 Å². The fraction of sp³-hybridized carbons (Fsp3) is 0.825. The van der Waals surface area contributed by atoms with E-state index in [0.29, 0.717) is 12.8 Å². The van der Waals surface area contributed by atoms with E-state index in [1.807, 2.05) is 0 Å². The van der Waals surface area contributed by atoms with Gasteiger partial charge in [0.25, 0.3) is 0 Å². The van der Waals surface area contributed by atoms with Crippen LogP contribution in [0, 0.1) is 0 Å². The molecule has 0 radical (unpaired) electrons. The zero-order valence-electron chi connectivity index (χ0n) is 44.4. The number of allylic oxidation sites excluding steroid dienone is 8. The van der Waals surface area contributed by atoms with Crippen LogP contribution in [-0.2, 0) is 38.0 Å². The smallest absolute Gasteiger partial charge is 0.306 e. The maximum absolute atomic E-state index is 13.0. The van der Waals surface area contributed by atoms with Crippen molar-refractivity contribution in [1.82, 2.24) is 0 Å². The summed E-state index contributed by atoms with van der Waals surface area (Å²) in [6.45, 7) is 2.55. The molecule has 72 heavy (non-hydrogen) atoms. The highest BCUT2D eigenvalue weighted by atomic mass is 16.7. The quantitative estimate of drug-likeness (QED) is 0.0171. The van der Waals surface area contributed by atoms with Crippen LogP contribution in [0.2, 0.25) is 0 Å². The van der Waals surface area contributed by atoms with Crippen molar-refractivity contribution in [1.29, 1.82) is 0 Å². The van der Waals surface area contributed by atoms with Crippen LogP contribution in [0.15, 0.2) is 48.6 Å².